The van der Waals surface area contributed by atoms with Crippen LogP contribution in [-0.2, 0) is 16.1 Å². The first kappa shape index (κ1) is 19.5. The summed E-state index contributed by atoms with van der Waals surface area (Å²) >= 11 is 11.9. The Morgan fingerprint density at radius 3 is 2.50 bits per heavy atom. The van der Waals surface area contributed by atoms with E-state index in [1.54, 1.807) is 24.1 Å². The maximum absolute atomic E-state index is 12.7. The van der Waals surface area contributed by atoms with Crippen LogP contribution in [0.15, 0.2) is 18.2 Å². The summed E-state index contributed by atoms with van der Waals surface area (Å²) in [6.07, 6.45) is 1.35. The van der Waals surface area contributed by atoms with Gasteiger partial charge < -0.3 is 15.4 Å². The highest BCUT2D eigenvalue weighted by Gasteiger charge is 2.40. The predicted molar refractivity (Wildman–Crippen MR) is 91.7 cm³/mol. The minimum Gasteiger partial charge on any atom is -0.381 e. The van der Waals surface area contributed by atoms with Crippen molar-refractivity contribution in [2.75, 3.05) is 26.8 Å². The first-order valence-electron chi connectivity index (χ1n) is 6.96. The van der Waals surface area contributed by atoms with Gasteiger partial charge in [0.1, 0.15) is 0 Å². The third kappa shape index (κ3) is 4.27. The fourth-order valence-electron chi connectivity index (χ4n) is 2.66. The van der Waals surface area contributed by atoms with Crippen LogP contribution in [0.3, 0.4) is 0 Å². The van der Waals surface area contributed by atoms with Crippen LogP contribution < -0.4 is 5.73 Å². The van der Waals surface area contributed by atoms with E-state index in [4.69, 9.17) is 33.7 Å². The first-order chi connectivity index (χ1) is 9.98. The lowest BCUT2D eigenvalue weighted by Crippen LogP contribution is -2.49. The topological polar surface area (TPSA) is 55.6 Å². The van der Waals surface area contributed by atoms with Crippen LogP contribution in [0.25, 0.3) is 0 Å². The Bertz CT molecular complexity index is 520. The SMILES string of the molecule is CN(Cc1ccc(Cl)c(Cl)c1)C(=O)C1(CN)CCOCC1.Cl. The van der Waals surface area contributed by atoms with Crippen LogP contribution in [-0.4, -0.2) is 37.6 Å². The van der Waals surface area contributed by atoms with E-state index in [9.17, 15) is 4.79 Å². The van der Waals surface area contributed by atoms with Gasteiger partial charge in [0.2, 0.25) is 5.91 Å². The summed E-state index contributed by atoms with van der Waals surface area (Å²) in [7, 11) is 1.79. The van der Waals surface area contributed by atoms with Crippen molar-refractivity contribution in [3.63, 3.8) is 0 Å². The molecule has 0 atom stereocenters. The highest BCUT2D eigenvalue weighted by molar-refractivity contribution is 6.42. The second kappa shape index (κ2) is 8.37. The molecule has 2 rings (SSSR count). The number of amides is 1. The van der Waals surface area contributed by atoms with Gasteiger partial charge in [0.25, 0.3) is 0 Å². The average Bonchev–Trinajstić information content (AvgIpc) is 2.50. The van der Waals surface area contributed by atoms with Gasteiger partial charge in [0.05, 0.1) is 15.5 Å². The van der Waals surface area contributed by atoms with E-state index >= 15 is 0 Å². The van der Waals surface area contributed by atoms with E-state index < -0.39 is 5.41 Å². The third-order valence-electron chi connectivity index (χ3n) is 4.04. The molecule has 1 saturated heterocycles. The average molecular weight is 368 g/mol. The van der Waals surface area contributed by atoms with Crippen molar-refractivity contribution >= 4 is 41.5 Å². The molecule has 1 heterocycles. The van der Waals surface area contributed by atoms with E-state index in [2.05, 4.69) is 0 Å². The number of carbonyl (C=O) groups is 1. The number of hydrogen-bond acceptors (Lipinski definition) is 3. The minimum atomic E-state index is -0.497. The van der Waals surface area contributed by atoms with Crippen LogP contribution >= 0.6 is 35.6 Å². The quantitative estimate of drug-likeness (QED) is 0.889. The summed E-state index contributed by atoms with van der Waals surface area (Å²) in [5.41, 5.74) is 6.32. The van der Waals surface area contributed by atoms with Crippen LogP contribution in [0.2, 0.25) is 10.0 Å². The molecule has 0 aromatic heterocycles. The Hall–Kier alpha value is -0.520. The Labute approximate surface area is 147 Å². The van der Waals surface area contributed by atoms with Gasteiger partial charge in [-0.15, -0.1) is 12.4 Å². The standard InChI is InChI=1S/C15H20Cl2N2O2.ClH/c1-19(9-11-2-3-12(16)13(17)8-11)14(20)15(10-18)4-6-21-7-5-15;/h2-3,8H,4-7,9-10,18H2,1H3;1H. The fourth-order valence-corrected chi connectivity index (χ4v) is 2.98. The smallest absolute Gasteiger partial charge is 0.230 e. The van der Waals surface area contributed by atoms with E-state index in [-0.39, 0.29) is 18.3 Å². The highest BCUT2D eigenvalue weighted by atomic mass is 35.5. The number of carbonyl (C=O) groups excluding carboxylic acids is 1. The maximum atomic E-state index is 12.7. The van der Waals surface area contributed by atoms with Crippen molar-refractivity contribution in [3.8, 4) is 0 Å². The molecule has 124 valence electrons. The molecular weight excluding hydrogens is 347 g/mol. The number of ether oxygens (including phenoxy) is 1. The largest absolute Gasteiger partial charge is 0.381 e. The highest BCUT2D eigenvalue weighted by Crippen LogP contribution is 2.32. The first-order valence-corrected chi connectivity index (χ1v) is 7.71. The number of nitrogens with zero attached hydrogens (tertiary/aromatic N) is 1. The van der Waals surface area contributed by atoms with E-state index in [1.807, 2.05) is 6.07 Å². The Balaban J connectivity index is 0.00000242. The van der Waals surface area contributed by atoms with Gasteiger partial charge in [-0.25, -0.2) is 0 Å². The Kier molecular flexibility index (Phi) is 7.42. The van der Waals surface area contributed by atoms with Crippen molar-refractivity contribution in [3.05, 3.63) is 33.8 Å². The fraction of sp³-hybridized carbons (Fsp3) is 0.533. The molecule has 0 unspecified atom stereocenters. The van der Waals surface area contributed by atoms with Gasteiger partial charge in [0, 0.05) is 33.4 Å². The molecule has 1 aromatic carbocycles. The molecule has 4 nitrogen and oxygen atoms in total. The second-order valence-electron chi connectivity index (χ2n) is 5.51. The molecule has 2 N–H and O–H groups in total. The molecule has 0 spiro atoms. The summed E-state index contributed by atoms with van der Waals surface area (Å²) in [6, 6.07) is 5.40. The van der Waals surface area contributed by atoms with Gasteiger partial charge in [-0.3, -0.25) is 4.79 Å². The minimum absolute atomic E-state index is 0. The van der Waals surface area contributed by atoms with Crippen molar-refractivity contribution in [1.82, 2.24) is 4.90 Å². The van der Waals surface area contributed by atoms with E-state index in [0.717, 1.165) is 5.56 Å². The van der Waals surface area contributed by atoms with Crippen molar-refractivity contribution in [2.45, 2.75) is 19.4 Å². The Morgan fingerprint density at radius 1 is 1.32 bits per heavy atom. The predicted octanol–water partition coefficient (Wildman–Crippen LogP) is 3.13. The molecule has 1 fully saturated rings. The van der Waals surface area contributed by atoms with Gasteiger partial charge in [-0.2, -0.15) is 0 Å². The lowest BCUT2D eigenvalue weighted by Gasteiger charge is -2.37. The van der Waals surface area contributed by atoms with Crippen molar-refractivity contribution in [2.24, 2.45) is 11.1 Å². The van der Waals surface area contributed by atoms with Gasteiger partial charge in [0.15, 0.2) is 0 Å². The summed E-state index contributed by atoms with van der Waals surface area (Å²) < 4.78 is 5.35. The zero-order chi connectivity index (χ0) is 15.5. The number of hydrogen-bond donors (Lipinski definition) is 1. The monoisotopic (exact) mass is 366 g/mol. The van der Waals surface area contributed by atoms with Crippen LogP contribution in [0.1, 0.15) is 18.4 Å². The zero-order valence-corrected chi connectivity index (χ0v) is 14.8. The molecule has 0 bridgehead atoms. The zero-order valence-electron chi connectivity index (χ0n) is 12.5. The number of benzene rings is 1. The number of halogens is 3. The van der Waals surface area contributed by atoms with Crippen molar-refractivity contribution in [1.29, 1.82) is 0 Å². The Morgan fingerprint density at radius 2 is 1.95 bits per heavy atom. The lowest BCUT2D eigenvalue weighted by atomic mass is 9.79. The summed E-state index contributed by atoms with van der Waals surface area (Å²) in [4.78, 5) is 14.4. The molecule has 0 saturated carbocycles. The number of rotatable bonds is 4. The van der Waals surface area contributed by atoms with E-state index in [1.165, 1.54) is 0 Å². The van der Waals surface area contributed by atoms with Crippen LogP contribution in [0, 0.1) is 5.41 Å². The molecule has 1 aliphatic rings. The molecule has 0 radical (unpaired) electrons. The van der Waals surface area contributed by atoms with Crippen LogP contribution in [0.5, 0.6) is 0 Å². The van der Waals surface area contributed by atoms with E-state index in [0.29, 0.717) is 49.2 Å². The lowest BCUT2D eigenvalue weighted by molar-refractivity contribution is -0.146. The van der Waals surface area contributed by atoms with Crippen molar-refractivity contribution < 1.29 is 9.53 Å². The molecular formula is C15H21Cl3N2O2. The summed E-state index contributed by atoms with van der Waals surface area (Å²) in [6.45, 7) is 2.01. The summed E-state index contributed by atoms with van der Waals surface area (Å²) in [5.74, 6) is 0.0689. The number of nitrogens with two attached hydrogens (primary N) is 1. The normalized spacial score (nSPS) is 16.7. The molecule has 1 aliphatic heterocycles. The second-order valence-corrected chi connectivity index (χ2v) is 6.32. The molecule has 1 aromatic rings. The maximum Gasteiger partial charge on any atom is 0.230 e. The molecule has 1 amide bonds. The molecule has 7 heteroatoms. The van der Waals surface area contributed by atoms with Gasteiger partial charge in [-0.05, 0) is 30.5 Å². The third-order valence-corrected chi connectivity index (χ3v) is 4.78. The summed E-state index contributed by atoms with van der Waals surface area (Å²) in [5, 5.41) is 1.01. The van der Waals surface area contributed by atoms with Crippen LogP contribution in [0.4, 0.5) is 0 Å². The van der Waals surface area contributed by atoms with Gasteiger partial charge in [-0.1, -0.05) is 29.3 Å². The van der Waals surface area contributed by atoms with Gasteiger partial charge >= 0.3 is 0 Å². The molecule has 0 aliphatic carbocycles. The molecule has 22 heavy (non-hydrogen) atoms.